The summed E-state index contributed by atoms with van der Waals surface area (Å²) in [6.07, 6.45) is 0. The minimum absolute atomic E-state index is 0.0411. The van der Waals surface area contributed by atoms with Crippen LogP contribution in [0.15, 0.2) is 0 Å². The summed E-state index contributed by atoms with van der Waals surface area (Å²) in [6.45, 7) is 0. The van der Waals surface area contributed by atoms with Crippen molar-refractivity contribution < 1.29 is 4.98 Å². The fraction of sp³-hybridized carbons (Fsp3) is 0.167. The van der Waals surface area contributed by atoms with Crippen molar-refractivity contribution in [3.63, 3.8) is 0 Å². The van der Waals surface area contributed by atoms with E-state index in [1.54, 1.807) is 0 Å². The van der Waals surface area contributed by atoms with Gasteiger partial charge in [-0.2, -0.15) is 4.98 Å². The molecule has 0 amide bonds. The van der Waals surface area contributed by atoms with Crippen LogP contribution < -0.4 is 10.7 Å². The maximum absolute atomic E-state index is 5.80. The monoisotopic (exact) mass is 313 g/mol. The number of pyridine rings is 1. The van der Waals surface area contributed by atoms with E-state index in [-0.39, 0.29) is 26.6 Å². The fourth-order valence-electron chi connectivity index (χ4n) is 0.764. The number of alkyl halides is 3. The van der Waals surface area contributed by atoms with Crippen molar-refractivity contribution in [1.29, 1.82) is 0 Å². The van der Waals surface area contributed by atoms with E-state index in [4.69, 9.17) is 75.3 Å². The van der Waals surface area contributed by atoms with E-state index < -0.39 is 3.79 Å². The molecule has 8 heteroatoms. The van der Waals surface area contributed by atoms with Gasteiger partial charge < -0.3 is 5.73 Å². The van der Waals surface area contributed by atoms with E-state index in [1.807, 2.05) is 0 Å². The first-order valence-corrected chi connectivity index (χ1v) is 5.44. The highest BCUT2D eigenvalue weighted by molar-refractivity contribution is 6.67. The SMILES string of the molecule is Nc1c(Cl)c(Cl)[nH+]c(C(Cl)(Cl)Cl)c1Cl. The summed E-state index contributed by atoms with van der Waals surface area (Å²) in [5, 5.41) is 0.198. The van der Waals surface area contributed by atoms with Gasteiger partial charge in [0.25, 0.3) is 14.6 Å². The highest BCUT2D eigenvalue weighted by Gasteiger charge is 2.36. The van der Waals surface area contributed by atoms with Gasteiger partial charge in [0.2, 0.25) is 0 Å². The van der Waals surface area contributed by atoms with Gasteiger partial charge in [-0.3, -0.25) is 0 Å². The zero-order chi connectivity index (χ0) is 11.1. The lowest BCUT2D eigenvalue weighted by Gasteiger charge is -2.09. The maximum atomic E-state index is 5.80. The van der Waals surface area contributed by atoms with Crippen LogP contribution in [0.1, 0.15) is 5.69 Å². The summed E-state index contributed by atoms with van der Waals surface area (Å²) < 4.78 is -1.74. The van der Waals surface area contributed by atoms with Gasteiger partial charge in [0.15, 0.2) is 0 Å². The summed E-state index contributed by atoms with van der Waals surface area (Å²) in [5.41, 5.74) is 5.68. The Hall–Kier alpha value is 0.690. The van der Waals surface area contributed by atoms with Crippen LogP contribution in [0.25, 0.3) is 0 Å². The average Bonchev–Trinajstić information content (AvgIpc) is 2.06. The number of anilines is 1. The molecule has 3 N–H and O–H groups in total. The highest BCUT2D eigenvalue weighted by Crippen LogP contribution is 2.43. The molecule has 0 bridgehead atoms. The van der Waals surface area contributed by atoms with Crippen LogP contribution in [0.5, 0.6) is 0 Å². The first-order valence-electron chi connectivity index (χ1n) is 3.17. The lowest BCUT2D eigenvalue weighted by molar-refractivity contribution is -0.387. The molecule has 0 fully saturated rings. The third kappa shape index (κ3) is 2.43. The van der Waals surface area contributed by atoms with Crippen LogP contribution in [-0.2, 0) is 3.79 Å². The normalized spacial score (nSPS) is 11.9. The third-order valence-corrected chi connectivity index (χ3v) is 3.14. The molecule has 0 radical (unpaired) electrons. The molecule has 0 aliphatic rings. The van der Waals surface area contributed by atoms with Gasteiger partial charge in [0, 0.05) is 0 Å². The van der Waals surface area contributed by atoms with Crippen molar-refractivity contribution in [3.05, 3.63) is 20.9 Å². The summed E-state index contributed by atoms with van der Waals surface area (Å²) in [4.78, 5) is 2.55. The van der Waals surface area contributed by atoms with Gasteiger partial charge in [-0.15, -0.1) is 0 Å². The van der Waals surface area contributed by atoms with E-state index in [9.17, 15) is 0 Å². The molecule has 0 unspecified atom stereocenters. The lowest BCUT2D eigenvalue weighted by atomic mass is 10.3. The molecule has 0 aliphatic heterocycles. The summed E-state index contributed by atoms with van der Waals surface area (Å²) in [5.74, 6) is 0. The molecule has 1 heterocycles. The number of nitrogens with one attached hydrogen (secondary N) is 1. The molecule has 0 saturated carbocycles. The highest BCUT2D eigenvalue weighted by atomic mass is 35.6. The van der Waals surface area contributed by atoms with Crippen LogP contribution in [0, 0.1) is 0 Å². The van der Waals surface area contributed by atoms with Crippen LogP contribution in [0.2, 0.25) is 15.2 Å². The van der Waals surface area contributed by atoms with Gasteiger partial charge in [0.05, 0.1) is 5.69 Å². The second kappa shape index (κ2) is 4.28. The average molecular weight is 316 g/mol. The number of aromatic amines is 1. The quantitative estimate of drug-likeness (QED) is 0.573. The first-order chi connectivity index (χ1) is 6.25. The zero-order valence-electron chi connectivity index (χ0n) is 6.35. The second-order valence-electron chi connectivity index (χ2n) is 2.35. The van der Waals surface area contributed by atoms with Crippen LogP contribution >= 0.6 is 69.6 Å². The Kier molecular flexibility index (Phi) is 3.90. The van der Waals surface area contributed by atoms with Crippen molar-refractivity contribution in [2.24, 2.45) is 0 Å². The number of hydrogen-bond acceptors (Lipinski definition) is 1. The van der Waals surface area contributed by atoms with E-state index in [0.717, 1.165) is 0 Å². The minimum atomic E-state index is -1.74. The number of nitrogens with two attached hydrogens (primary N) is 1. The molecular formula is C6H3Cl6N2+. The molecule has 1 aromatic heterocycles. The molecule has 0 saturated heterocycles. The maximum Gasteiger partial charge on any atom is 0.294 e. The molecule has 0 spiro atoms. The summed E-state index contributed by atoms with van der Waals surface area (Å²) >= 11 is 34.1. The Bertz CT molecular complexity index is 372. The first kappa shape index (κ1) is 12.8. The molecular weight excluding hydrogens is 313 g/mol. The van der Waals surface area contributed by atoms with Crippen molar-refractivity contribution in [2.45, 2.75) is 3.79 Å². The van der Waals surface area contributed by atoms with Gasteiger partial charge in [-0.1, -0.05) is 58.0 Å². The third-order valence-electron chi connectivity index (χ3n) is 1.40. The van der Waals surface area contributed by atoms with Crippen LogP contribution in [-0.4, -0.2) is 0 Å². The van der Waals surface area contributed by atoms with E-state index >= 15 is 0 Å². The summed E-state index contributed by atoms with van der Waals surface area (Å²) in [6, 6.07) is 0. The van der Waals surface area contributed by atoms with Gasteiger partial charge in [-0.25, -0.2) is 0 Å². The number of rotatable bonds is 0. The second-order valence-corrected chi connectivity index (χ2v) is 5.77. The number of H-pyrrole nitrogens is 1. The standard InChI is InChI=1S/C6H2Cl6N2/c7-1-3(13)2(8)5(9)14-4(1)6(10,11)12/h(H2,13,14)/p+1. The Morgan fingerprint density at radius 2 is 1.50 bits per heavy atom. The van der Waals surface area contributed by atoms with Crippen LogP contribution in [0.4, 0.5) is 5.69 Å². The van der Waals surface area contributed by atoms with Gasteiger partial charge in [-0.05, 0) is 11.6 Å². The molecule has 78 valence electrons. The minimum Gasteiger partial charge on any atom is -0.396 e. The van der Waals surface area contributed by atoms with Crippen molar-refractivity contribution in [2.75, 3.05) is 5.73 Å². The number of halogens is 6. The molecule has 0 atom stereocenters. The largest absolute Gasteiger partial charge is 0.396 e. The molecule has 0 aliphatic carbocycles. The van der Waals surface area contributed by atoms with Crippen molar-refractivity contribution in [3.8, 4) is 0 Å². The zero-order valence-corrected chi connectivity index (χ0v) is 10.9. The molecule has 0 aromatic carbocycles. The van der Waals surface area contributed by atoms with Gasteiger partial charge in [0.1, 0.15) is 10.0 Å². The topological polar surface area (TPSA) is 40.2 Å². The smallest absolute Gasteiger partial charge is 0.294 e. The Balaban J connectivity index is 3.49. The lowest BCUT2D eigenvalue weighted by Crippen LogP contribution is -2.21. The molecule has 1 rings (SSSR count). The number of aromatic nitrogens is 1. The molecule has 2 nitrogen and oxygen atoms in total. The predicted molar refractivity (Wildman–Crippen MR) is 61.7 cm³/mol. The number of nitrogen functional groups attached to an aromatic ring is 1. The van der Waals surface area contributed by atoms with Crippen molar-refractivity contribution in [1.82, 2.24) is 0 Å². The van der Waals surface area contributed by atoms with Gasteiger partial charge >= 0.3 is 0 Å². The van der Waals surface area contributed by atoms with Crippen LogP contribution in [0.3, 0.4) is 0 Å². The van der Waals surface area contributed by atoms with E-state index in [1.165, 1.54) is 0 Å². The van der Waals surface area contributed by atoms with Crippen molar-refractivity contribution >= 4 is 75.3 Å². The fourth-order valence-corrected chi connectivity index (χ4v) is 2.00. The van der Waals surface area contributed by atoms with E-state index in [2.05, 4.69) is 4.98 Å². The van der Waals surface area contributed by atoms with E-state index in [0.29, 0.717) is 0 Å². The Morgan fingerprint density at radius 3 is 1.93 bits per heavy atom. The molecule has 14 heavy (non-hydrogen) atoms. The molecule has 1 aromatic rings. The predicted octanol–water partition coefficient (Wildman–Crippen LogP) is 3.87. The Morgan fingerprint density at radius 1 is 1.00 bits per heavy atom. The Labute approximate surface area is 110 Å². The number of hydrogen-bond donors (Lipinski definition) is 1. The summed E-state index contributed by atoms with van der Waals surface area (Å²) in [7, 11) is 0.